The second-order valence-electron chi connectivity index (χ2n) is 8.33. The van der Waals surface area contributed by atoms with Gasteiger partial charge in [-0.1, -0.05) is 0 Å². The van der Waals surface area contributed by atoms with Crippen molar-refractivity contribution in [1.82, 2.24) is 19.5 Å². The summed E-state index contributed by atoms with van der Waals surface area (Å²) in [5.74, 6) is 2.45. The van der Waals surface area contributed by atoms with E-state index >= 15 is 0 Å². The highest BCUT2D eigenvalue weighted by atomic mass is 35.5. The molecule has 4 aromatic rings. The van der Waals surface area contributed by atoms with E-state index in [9.17, 15) is 13.2 Å². The van der Waals surface area contributed by atoms with Gasteiger partial charge < -0.3 is 9.15 Å². The van der Waals surface area contributed by atoms with Crippen LogP contribution in [0.1, 0.15) is 35.2 Å². The number of benzene rings is 1. The van der Waals surface area contributed by atoms with Gasteiger partial charge in [0.15, 0.2) is 5.65 Å². The number of methoxy groups -OCH3 is 1. The highest BCUT2D eigenvalue weighted by Crippen LogP contribution is 2.33. The molecule has 0 radical (unpaired) electrons. The monoisotopic (exact) mass is 492 g/mol. The van der Waals surface area contributed by atoms with Crippen LogP contribution in [-0.4, -0.2) is 39.7 Å². The minimum atomic E-state index is -4.49. The summed E-state index contributed by atoms with van der Waals surface area (Å²) in [5, 5.41) is 4.28. The predicted molar refractivity (Wildman–Crippen MR) is 123 cm³/mol. The van der Waals surface area contributed by atoms with E-state index in [0.717, 1.165) is 46.4 Å². The summed E-state index contributed by atoms with van der Waals surface area (Å²) in [5.41, 5.74) is 1.35. The Morgan fingerprint density at radius 2 is 1.88 bits per heavy atom. The van der Waals surface area contributed by atoms with E-state index in [1.165, 1.54) is 0 Å². The van der Waals surface area contributed by atoms with Gasteiger partial charge in [0.25, 0.3) is 0 Å². The average molecular weight is 493 g/mol. The van der Waals surface area contributed by atoms with Crippen molar-refractivity contribution in [3.8, 4) is 17.1 Å². The molecule has 6 nitrogen and oxygen atoms in total. The largest absolute Gasteiger partial charge is 0.497 e. The second-order valence-corrected chi connectivity index (χ2v) is 8.33. The average Bonchev–Trinajstić information content (AvgIpc) is 3.52. The lowest BCUT2D eigenvalue weighted by Gasteiger charge is -2.13. The molecule has 34 heavy (non-hydrogen) atoms. The van der Waals surface area contributed by atoms with Gasteiger partial charge in [0.2, 0.25) is 0 Å². The Morgan fingerprint density at radius 3 is 2.59 bits per heavy atom. The number of ether oxygens (including phenoxy) is 1. The van der Waals surface area contributed by atoms with E-state index < -0.39 is 11.9 Å². The van der Waals surface area contributed by atoms with Crippen molar-refractivity contribution in [3.05, 3.63) is 71.4 Å². The Hall–Kier alpha value is -3.04. The van der Waals surface area contributed by atoms with Gasteiger partial charge in [0, 0.05) is 29.8 Å². The summed E-state index contributed by atoms with van der Waals surface area (Å²) in [6, 6.07) is 14.3. The number of hydrogen-bond acceptors (Lipinski definition) is 5. The number of likely N-dealkylation sites (tertiary alicyclic amines) is 1. The first-order valence-electron chi connectivity index (χ1n) is 10.7. The molecule has 1 unspecified atom stereocenters. The first kappa shape index (κ1) is 24.1. The zero-order chi connectivity index (χ0) is 23.2. The van der Waals surface area contributed by atoms with Crippen molar-refractivity contribution < 1.29 is 22.3 Å². The van der Waals surface area contributed by atoms with E-state index in [4.69, 9.17) is 9.15 Å². The summed E-state index contributed by atoms with van der Waals surface area (Å²) < 4.78 is 52.4. The molecule has 180 valence electrons. The van der Waals surface area contributed by atoms with Crippen LogP contribution in [0.5, 0.6) is 5.75 Å². The van der Waals surface area contributed by atoms with Crippen LogP contribution in [0, 0.1) is 6.92 Å². The number of hydrogen-bond donors (Lipinski definition) is 0. The van der Waals surface area contributed by atoms with Gasteiger partial charge in [0.1, 0.15) is 23.0 Å². The maximum absolute atomic E-state index is 13.4. The number of furan rings is 1. The van der Waals surface area contributed by atoms with Crippen molar-refractivity contribution in [2.24, 2.45) is 0 Å². The predicted octanol–water partition coefficient (Wildman–Crippen LogP) is 5.74. The van der Waals surface area contributed by atoms with E-state index in [1.807, 2.05) is 36.4 Å². The number of aryl methyl sites for hydroxylation is 1. The van der Waals surface area contributed by atoms with Gasteiger partial charge in [-0.2, -0.15) is 18.3 Å². The van der Waals surface area contributed by atoms with E-state index in [1.54, 1.807) is 20.1 Å². The second kappa shape index (κ2) is 9.31. The number of nitrogens with zero attached hydrogens (tertiary/aromatic N) is 4. The molecule has 1 fully saturated rings. The zero-order valence-corrected chi connectivity index (χ0v) is 19.5. The van der Waals surface area contributed by atoms with Crippen LogP contribution in [0.2, 0.25) is 0 Å². The fourth-order valence-corrected chi connectivity index (χ4v) is 4.33. The van der Waals surface area contributed by atoms with Crippen LogP contribution in [0.4, 0.5) is 13.2 Å². The van der Waals surface area contributed by atoms with Gasteiger partial charge in [0.05, 0.1) is 19.3 Å². The molecular formula is C24H24ClF3N4O2. The Kier molecular flexibility index (Phi) is 6.60. The van der Waals surface area contributed by atoms with E-state index in [0.29, 0.717) is 24.5 Å². The number of rotatable bonds is 5. The molecule has 0 amide bonds. The van der Waals surface area contributed by atoms with Crippen molar-refractivity contribution in [2.45, 2.75) is 32.0 Å². The van der Waals surface area contributed by atoms with Gasteiger partial charge in [-0.05, 0) is 62.4 Å². The molecule has 0 spiro atoms. The molecule has 1 aromatic carbocycles. The van der Waals surface area contributed by atoms with Crippen LogP contribution in [0.15, 0.2) is 52.9 Å². The molecule has 1 atom stereocenters. The number of aromatic nitrogens is 3. The molecule has 1 saturated heterocycles. The maximum Gasteiger partial charge on any atom is 0.433 e. The van der Waals surface area contributed by atoms with Crippen LogP contribution in [0.3, 0.4) is 0 Å². The van der Waals surface area contributed by atoms with E-state index in [2.05, 4.69) is 15.0 Å². The third-order valence-electron chi connectivity index (χ3n) is 5.97. The van der Waals surface area contributed by atoms with Crippen molar-refractivity contribution >= 4 is 18.1 Å². The lowest BCUT2D eigenvalue weighted by Crippen LogP contribution is -2.19. The highest BCUT2D eigenvalue weighted by molar-refractivity contribution is 5.85. The summed E-state index contributed by atoms with van der Waals surface area (Å²) in [6.45, 7) is 3.70. The Balaban J connectivity index is 0.00000274. The number of alkyl halides is 3. The van der Waals surface area contributed by atoms with Crippen molar-refractivity contribution in [2.75, 3.05) is 20.2 Å². The Morgan fingerprint density at radius 1 is 1.12 bits per heavy atom. The molecule has 4 heterocycles. The van der Waals surface area contributed by atoms with Crippen molar-refractivity contribution in [1.29, 1.82) is 0 Å². The molecular weight excluding hydrogens is 469 g/mol. The molecule has 1 aliphatic rings. The highest BCUT2D eigenvalue weighted by Gasteiger charge is 2.35. The van der Waals surface area contributed by atoms with Gasteiger partial charge in [-0.25, -0.2) is 9.50 Å². The van der Waals surface area contributed by atoms with Crippen LogP contribution < -0.4 is 4.74 Å². The lowest BCUT2D eigenvalue weighted by atomic mass is 10.1. The first-order chi connectivity index (χ1) is 15.8. The third kappa shape index (κ3) is 4.76. The van der Waals surface area contributed by atoms with E-state index in [-0.39, 0.29) is 24.0 Å². The molecule has 3 aromatic heterocycles. The number of halogens is 4. The maximum atomic E-state index is 13.4. The summed E-state index contributed by atoms with van der Waals surface area (Å²) >= 11 is 0. The fraction of sp³-hybridized carbons (Fsp3) is 0.333. The van der Waals surface area contributed by atoms with Crippen LogP contribution in [-0.2, 0) is 12.7 Å². The minimum absolute atomic E-state index is 0. The SMILES string of the molecule is COc1ccc(-c2ccc(CN3CCC(c4cc5nc(C)cc(C(F)(F)F)n5n4)C3)o2)cc1.Cl. The van der Waals surface area contributed by atoms with Crippen LogP contribution >= 0.6 is 12.4 Å². The fourth-order valence-electron chi connectivity index (χ4n) is 4.33. The summed E-state index contributed by atoms with van der Waals surface area (Å²) in [6.07, 6.45) is -3.67. The summed E-state index contributed by atoms with van der Waals surface area (Å²) in [7, 11) is 1.63. The molecule has 5 rings (SSSR count). The summed E-state index contributed by atoms with van der Waals surface area (Å²) in [4.78, 5) is 6.47. The molecule has 10 heteroatoms. The topological polar surface area (TPSA) is 55.8 Å². The third-order valence-corrected chi connectivity index (χ3v) is 5.97. The zero-order valence-electron chi connectivity index (χ0n) is 18.7. The Labute approximate surface area is 200 Å². The normalized spacial score (nSPS) is 16.7. The molecule has 0 saturated carbocycles. The van der Waals surface area contributed by atoms with Gasteiger partial charge in [-0.15, -0.1) is 12.4 Å². The molecule has 1 aliphatic heterocycles. The number of fused-ring (bicyclic) bond motifs is 1. The smallest absolute Gasteiger partial charge is 0.433 e. The lowest BCUT2D eigenvalue weighted by molar-refractivity contribution is -0.142. The standard InChI is InChI=1S/C24H23F3N4O2.ClH/c1-15-11-22(24(25,26)27)31-23(28-15)12-20(29-31)17-9-10-30(13-17)14-19-7-8-21(33-19)16-3-5-18(32-2)6-4-16;/h3-8,11-12,17H,9-10,13-14H2,1-2H3;1H. The Bertz CT molecular complexity index is 1280. The minimum Gasteiger partial charge on any atom is -0.497 e. The molecule has 0 bridgehead atoms. The van der Waals surface area contributed by atoms with Gasteiger partial charge >= 0.3 is 6.18 Å². The van der Waals surface area contributed by atoms with Crippen LogP contribution in [0.25, 0.3) is 17.0 Å². The quantitative estimate of drug-likeness (QED) is 0.356. The molecule has 0 aliphatic carbocycles. The molecule has 0 N–H and O–H groups in total. The van der Waals surface area contributed by atoms with Crippen molar-refractivity contribution in [3.63, 3.8) is 0 Å². The van der Waals surface area contributed by atoms with Gasteiger partial charge in [-0.3, -0.25) is 4.90 Å². The first-order valence-corrected chi connectivity index (χ1v) is 10.7.